The highest BCUT2D eigenvalue weighted by Crippen LogP contribution is 2.15. The zero-order valence-electron chi connectivity index (χ0n) is 10.9. The van der Waals surface area contributed by atoms with E-state index in [1.807, 2.05) is 35.6 Å². The molecule has 0 unspecified atom stereocenters. The predicted molar refractivity (Wildman–Crippen MR) is 72.3 cm³/mol. The fraction of sp³-hybridized carbons (Fsp3) is 0.429. The number of aryl methyl sites for hydroxylation is 1. The van der Waals surface area contributed by atoms with Crippen LogP contribution < -0.4 is 4.90 Å². The Balaban J connectivity index is 2.04. The van der Waals surface area contributed by atoms with Crippen LogP contribution in [0.1, 0.15) is 25.8 Å². The quantitative estimate of drug-likeness (QED) is 0.882. The minimum atomic E-state index is -0.420. The van der Waals surface area contributed by atoms with E-state index in [1.165, 1.54) is 5.56 Å². The molecular weight excluding hydrogens is 226 g/mol. The van der Waals surface area contributed by atoms with Crippen LogP contribution in [0.2, 0.25) is 0 Å². The molecular formula is C14H19N3O. The largest absolute Gasteiger partial charge is 0.389 e. The molecule has 1 atom stereocenters. The van der Waals surface area contributed by atoms with Crippen molar-refractivity contribution in [3.8, 4) is 0 Å². The molecule has 0 saturated heterocycles. The minimum Gasteiger partial charge on any atom is -0.389 e. The highest BCUT2D eigenvalue weighted by Gasteiger charge is 2.11. The van der Waals surface area contributed by atoms with Crippen molar-refractivity contribution >= 4 is 5.95 Å². The average molecular weight is 245 g/mol. The van der Waals surface area contributed by atoms with E-state index in [0.29, 0.717) is 12.5 Å². The summed E-state index contributed by atoms with van der Waals surface area (Å²) < 4.78 is 0. The van der Waals surface area contributed by atoms with Crippen LogP contribution in [0, 0.1) is 0 Å². The molecule has 0 spiro atoms. The maximum Gasteiger partial charge on any atom is 0.229 e. The van der Waals surface area contributed by atoms with Crippen molar-refractivity contribution < 1.29 is 5.11 Å². The lowest BCUT2D eigenvalue weighted by Crippen LogP contribution is -2.23. The third-order valence-electron chi connectivity index (χ3n) is 2.94. The van der Waals surface area contributed by atoms with Crippen LogP contribution in [0.4, 0.5) is 5.95 Å². The van der Waals surface area contributed by atoms with Gasteiger partial charge in [-0.25, -0.2) is 9.97 Å². The molecule has 0 aliphatic carbocycles. The summed E-state index contributed by atoms with van der Waals surface area (Å²) in [5.41, 5.74) is 2.11. The van der Waals surface area contributed by atoms with E-state index in [9.17, 15) is 5.11 Å². The van der Waals surface area contributed by atoms with Gasteiger partial charge >= 0.3 is 0 Å². The second-order valence-electron chi connectivity index (χ2n) is 4.49. The Morgan fingerprint density at radius 3 is 2.61 bits per heavy atom. The Bertz CT molecular complexity index is 449. The van der Waals surface area contributed by atoms with Crippen LogP contribution in [-0.2, 0) is 6.42 Å². The van der Waals surface area contributed by atoms with Crippen molar-refractivity contribution in [3.05, 3.63) is 41.9 Å². The first-order chi connectivity index (χ1) is 8.70. The van der Waals surface area contributed by atoms with Gasteiger partial charge in [0.2, 0.25) is 5.95 Å². The maximum absolute atomic E-state index is 9.46. The molecule has 0 bridgehead atoms. The average Bonchev–Trinajstić information content (AvgIpc) is 2.40. The van der Waals surface area contributed by atoms with Gasteiger partial charge in [0, 0.05) is 25.1 Å². The first kappa shape index (κ1) is 12.8. The second kappa shape index (κ2) is 5.78. The van der Waals surface area contributed by atoms with Gasteiger partial charge < -0.3 is 10.0 Å². The van der Waals surface area contributed by atoms with Gasteiger partial charge in [-0.05, 0) is 30.6 Å². The molecule has 1 N–H and O–H groups in total. The van der Waals surface area contributed by atoms with Crippen molar-refractivity contribution in [3.63, 3.8) is 0 Å². The number of aliphatic hydroxyl groups is 1. The van der Waals surface area contributed by atoms with Crippen molar-refractivity contribution in [2.24, 2.45) is 0 Å². The molecule has 0 radical (unpaired) electrons. The van der Waals surface area contributed by atoms with Crippen LogP contribution in [0.5, 0.6) is 0 Å². The van der Waals surface area contributed by atoms with Gasteiger partial charge in [0.15, 0.2) is 0 Å². The van der Waals surface area contributed by atoms with Gasteiger partial charge in [-0.2, -0.15) is 0 Å². The molecule has 2 heterocycles. The molecule has 0 amide bonds. The summed E-state index contributed by atoms with van der Waals surface area (Å²) >= 11 is 0. The van der Waals surface area contributed by atoms with Crippen molar-refractivity contribution in [1.82, 2.24) is 9.97 Å². The predicted octanol–water partition coefficient (Wildman–Crippen LogP) is 2.07. The second-order valence-corrected chi connectivity index (χ2v) is 4.49. The lowest BCUT2D eigenvalue weighted by molar-refractivity contribution is 0.235. The van der Waals surface area contributed by atoms with Gasteiger partial charge in [0.05, 0.1) is 6.10 Å². The standard InChI is InChI=1S/C14H19N3O/c1-3-4-12-9-15-14(16-10-12)17-7-5-13(6-8-17)11(2)18/h5-7,9-11,18H,3-4,8H2,1-2H3/t11-/m0/s1. The maximum atomic E-state index is 9.46. The third-order valence-corrected chi connectivity index (χ3v) is 2.94. The fourth-order valence-corrected chi connectivity index (χ4v) is 1.88. The first-order valence-corrected chi connectivity index (χ1v) is 6.34. The number of nitrogens with zero attached hydrogens (tertiary/aromatic N) is 3. The van der Waals surface area contributed by atoms with Crippen LogP contribution in [0.3, 0.4) is 0 Å². The van der Waals surface area contributed by atoms with Gasteiger partial charge in [-0.3, -0.25) is 0 Å². The summed E-state index contributed by atoms with van der Waals surface area (Å²) in [5, 5.41) is 9.46. The number of aliphatic hydroxyl groups excluding tert-OH is 1. The van der Waals surface area contributed by atoms with Gasteiger partial charge in [-0.1, -0.05) is 19.4 Å². The molecule has 2 rings (SSSR count). The summed E-state index contributed by atoms with van der Waals surface area (Å²) in [7, 11) is 0. The number of hydrogen-bond donors (Lipinski definition) is 1. The van der Waals surface area contributed by atoms with E-state index < -0.39 is 6.10 Å². The monoisotopic (exact) mass is 245 g/mol. The molecule has 4 heteroatoms. The molecule has 4 nitrogen and oxygen atoms in total. The van der Waals surface area contributed by atoms with Crippen LogP contribution >= 0.6 is 0 Å². The summed E-state index contributed by atoms with van der Waals surface area (Å²) in [6.07, 6.45) is 11.3. The van der Waals surface area contributed by atoms with Gasteiger partial charge in [0.25, 0.3) is 0 Å². The summed E-state index contributed by atoms with van der Waals surface area (Å²) in [6.45, 7) is 4.61. The van der Waals surface area contributed by atoms with E-state index >= 15 is 0 Å². The number of anilines is 1. The topological polar surface area (TPSA) is 49.2 Å². The fourth-order valence-electron chi connectivity index (χ4n) is 1.88. The third kappa shape index (κ3) is 2.96. The molecule has 1 aromatic heterocycles. The number of aromatic nitrogens is 2. The highest BCUT2D eigenvalue weighted by molar-refractivity contribution is 5.42. The lowest BCUT2D eigenvalue weighted by atomic mass is 10.1. The lowest BCUT2D eigenvalue weighted by Gasteiger charge is -2.21. The molecule has 96 valence electrons. The Hall–Kier alpha value is -1.68. The summed E-state index contributed by atoms with van der Waals surface area (Å²) in [6, 6.07) is 0. The van der Waals surface area contributed by atoms with Crippen LogP contribution in [0.15, 0.2) is 36.3 Å². The Morgan fingerprint density at radius 2 is 2.11 bits per heavy atom. The molecule has 0 saturated carbocycles. The van der Waals surface area contributed by atoms with Crippen molar-refractivity contribution in [2.75, 3.05) is 11.4 Å². The van der Waals surface area contributed by atoms with Crippen LogP contribution in [0.25, 0.3) is 0 Å². The van der Waals surface area contributed by atoms with Gasteiger partial charge in [0.1, 0.15) is 0 Å². The molecule has 1 aliphatic rings. The molecule has 18 heavy (non-hydrogen) atoms. The van der Waals surface area contributed by atoms with E-state index in [1.54, 1.807) is 6.92 Å². The first-order valence-electron chi connectivity index (χ1n) is 6.34. The van der Waals surface area contributed by atoms with Gasteiger partial charge in [-0.15, -0.1) is 0 Å². The van der Waals surface area contributed by atoms with E-state index in [0.717, 1.165) is 18.4 Å². The summed E-state index contributed by atoms with van der Waals surface area (Å²) in [5.74, 6) is 0.701. The van der Waals surface area contributed by atoms with E-state index in [-0.39, 0.29) is 0 Å². The zero-order chi connectivity index (χ0) is 13.0. The molecule has 0 fully saturated rings. The van der Waals surface area contributed by atoms with Crippen molar-refractivity contribution in [1.29, 1.82) is 0 Å². The Labute approximate surface area is 108 Å². The Morgan fingerprint density at radius 1 is 1.39 bits per heavy atom. The number of rotatable bonds is 4. The van der Waals surface area contributed by atoms with E-state index in [4.69, 9.17) is 0 Å². The van der Waals surface area contributed by atoms with Crippen LogP contribution in [-0.4, -0.2) is 27.7 Å². The normalized spacial score (nSPS) is 16.6. The molecule has 1 aromatic rings. The molecule has 1 aliphatic heterocycles. The SMILES string of the molecule is CCCc1cnc(N2C=CC([C@H](C)O)=CC2)nc1. The molecule has 0 aromatic carbocycles. The Kier molecular flexibility index (Phi) is 4.10. The van der Waals surface area contributed by atoms with E-state index in [2.05, 4.69) is 16.9 Å². The number of hydrogen-bond acceptors (Lipinski definition) is 4. The van der Waals surface area contributed by atoms with Crippen molar-refractivity contribution in [2.45, 2.75) is 32.8 Å². The zero-order valence-corrected chi connectivity index (χ0v) is 10.9. The minimum absolute atomic E-state index is 0.420. The summed E-state index contributed by atoms with van der Waals surface area (Å²) in [4.78, 5) is 10.7. The highest BCUT2D eigenvalue weighted by atomic mass is 16.3. The smallest absolute Gasteiger partial charge is 0.229 e.